The van der Waals surface area contributed by atoms with Gasteiger partial charge in [-0.3, -0.25) is 5.32 Å². The zero-order chi connectivity index (χ0) is 12.3. The summed E-state index contributed by atoms with van der Waals surface area (Å²) in [5, 5.41) is 12.5. The van der Waals surface area contributed by atoms with Crippen molar-refractivity contribution < 1.29 is 4.39 Å². The van der Waals surface area contributed by atoms with Gasteiger partial charge < -0.3 is 0 Å². The molecule has 0 radical (unpaired) electrons. The van der Waals surface area contributed by atoms with E-state index in [0.29, 0.717) is 11.8 Å². The first-order chi connectivity index (χ1) is 8.11. The molecular weight excluding hydrogens is 235 g/mol. The van der Waals surface area contributed by atoms with Gasteiger partial charge in [-0.15, -0.1) is 11.8 Å². The number of hydrogen-bond donors (Lipinski definition) is 1. The van der Waals surface area contributed by atoms with E-state index < -0.39 is 5.54 Å². The number of thioether (sulfide) groups is 1. The van der Waals surface area contributed by atoms with E-state index in [4.69, 9.17) is 0 Å². The Bertz CT molecular complexity index is 422. The predicted octanol–water partition coefficient (Wildman–Crippen LogP) is 2.95. The van der Waals surface area contributed by atoms with Crippen molar-refractivity contribution in [2.45, 2.75) is 36.2 Å². The first kappa shape index (κ1) is 12.4. The summed E-state index contributed by atoms with van der Waals surface area (Å²) in [6.07, 6.45) is 2.33. The molecule has 1 N–H and O–H groups in total. The summed E-state index contributed by atoms with van der Waals surface area (Å²) in [6, 6.07) is 9.21. The lowest BCUT2D eigenvalue weighted by molar-refractivity contribution is 0.490. The van der Waals surface area contributed by atoms with Crippen LogP contribution in [0.3, 0.4) is 0 Å². The van der Waals surface area contributed by atoms with Crippen molar-refractivity contribution in [2.24, 2.45) is 0 Å². The van der Waals surface area contributed by atoms with Gasteiger partial charge in [-0.2, -0.15) is 5.26 Å². The lowest BCUT2D eigenvalue weighted by Crippen LogP contribution is -2.44. The highest BCUT2D eigenvalue weighted by atomic mass is 32.2. The van der Waals surface area contributed by atoms with Gasteiger partial charge in [-0.25, -0.2) is 4.39 Å². The summed E-state index contributed by atoms with van der Waals surface area (Å²) >= 11 is 1.58. The number of rotatable bonds is 5. The molecule has 0 bridgehead atoms. The molecular formula is C13H15FN2S. The van der Waals surface area contributed by atoms with Gasteiger partial charge >= 0.3 is 0 Å². The second kappa shape index (κ2) is 5.07. The first-order valence-corrected chi connectivity index (χ1v) is 6.67. The monoisotopic (exact) mass is 250 g/mol. The molecule has 1 saturated carbocycles. The number of nitrogens with zero attached hydrogens (tertiary/aromatic N) is 1. The minimum atomic E-state index is -0.500. The molecule has 0 spiro atoms. The van der Waals surface area contributed by atoms with Crippen LogP contribution in [0.25, 0.3) is 0 Å². The normalized spacial score (nSPS) is 18.4. The predicted molar refractivity (Wildman–Crippen MR) is 67.3 cm³/mol. The van der Waals surface area contributed by atoms with Crippen LogP contribution in [0.5, 0.6) is 0 Å². The molecule has 0 amide bonds. The van der Waals surface area contributed by atoms with Crippen molar-refractivity contribution in [3.63, 3.8) is 0 Å². The number of nitrogens with one attached hydrogen (secondary N) is 1. The molecule has 0 aromatic heterocycles. The van der Waals surface area contributed by atoms with Crippen LogP contribution in [-0.4, -0.2) is 17.3 Å². The second-order valence-corrected chi connectivity index (χ2v) is 5.65. The average Bonchev–Trinajstić information content (AvgIpc) is 3.12. The summed E-state index contributed by atoms with van der Waals surface area (Å²) in [7, 11) is 0. The zero-order valence-corrected chi connectivity index (χ0v) is 10.6. The molecule has 17 heavy (non-hydrogen) atoms. The van der Waals surface area contributed by atoms with Crippen LogP contribution in [0.15, 0.2) is 29.2 Å². The van der Waals surface area contributed by atoms with Crippen LogP contribution in [0.2, 0.25) is 0 Å². The summed E-state index contributed by atoms with van der Waals surface area (Å²) in [5.41, 5.74) is -0.500. The molecule has 1 fully saturated rings. The molecule has 0 aliphatic heterocycles. The Morgan fingerprint density at radius 2 is 2.12 bits per heavy atom. The van der Waals surface area contributed by atoms with E-state index >= 15 is 0 Å². The van der Waals surface area contributed by atoms with Crippen LogP contribution in [0.4, 0.5) is 4.39 Å². The lowest BCUT2D eigenvalue weighted by atomic mass is 10.1. The number of hydrogen-bond acceptors (Lipinski definition) is 3. The molecule has 1 aliphatic rings. The number of benzene rings is 1. The highest BCUT2D eigenvalue weighted by Crippen LogP contribution is 2.27. The van der Waals surface area contributed by atoms with Crippen molar-refractivity contribution >= 4 is 11.8 Å². The number of nitriles is 1. The molecule has 2 nitrogen and oxygen atoms in total. The molecule has 90 valence electrons. The van der Waals surface area contributed by atoms with E-state index in [1.54, 1.807) is 23.9 Å². The Morgan fingerprint density at radius 1 is 1.47 bits per heavy atom. The highest BCUT2D eigenvalue weighted by Gasteiger charge is 2.32. The van der Waals surface area contributed by atoms with Gasteiger partial charge in [0.25, 0.3) is 0 Å². The molecule has 4 heteroatoms. The van der Waals surface area contributed by atoms with E-state index in [9.17, 15) is 9.65 Å². The van der Waals surface area contributed by atoms with Gasteiger partial charge in [0, 0.05) is 16.7 Å². The van der Waals surface area contributed by atoms with Crippen molar-refractivity contribution in [2.75, 3.05) is 5.75 Å². The fraction of sp³-hybridized carbons (Fsp3) is 0.462. The zero-order valence-electron chi connectivity index (χ0n) is 9.74. The largest absolute Gasteiger partial charge is 0.296 e. The van der Waals surface area contributed by atoms with E-state index in [1.165, 1.54) is 25.0 Å². The molecule has 2 rings (SSSR count). The Balaban J connectivity index is 1.91. The van der Waals surface area contributed by atoms with Crippen LogP contribution >= 0.6 is 11.8 Å². The average molecular weight is 250 g/mol. The molecule has 1 unspecified atom stereocenters. The minimum absolute atomic E-state index is 0.228. The summed E-state index contributed by atoms with van der Waals surface area (Å²) in [5.74, 6) is 0.444. The van der Waals surface area contributed by atoms with Crippen LogP contribution < -0.4 is 5.32 Å². The summed E-state index contributed by atoms with van der Waals surface area (Å²) < 4.78 is 12.7. The Hall–Kier alpha value is -1.05. The van der Waals surface area contributed by atoms with E-state index in [1.807, 2.05) is 6.92 Å². The Kier molecular flexibility index (Phi) is 3.70. The second-order valence-electron chi connectivity index (χ2n) is 4.61. The van der Waals surface area contributed by atoms with Gasteiger partial charge in [0.15, 0.2) is 0 Å². The highest BCUT2D eigenvalue weighted by molar-refractivity contribution is 7.99. The van der Waals surface area contributed by atoms with E-state index in [0.717, 1.165) is 4.90 Å². The third-order valence-electron chi connectivity index (χ3n) is 2.69. The van der Waals surface area contributed by atoms with Gasteiger partial charge in [-0.05, 0) is 44.0 Å². The molecule has 1 aromatic carbocycles. The fourth-order valence-electron chi connectivity index (χ4n) is 1.54. The topological polar surface area (TPSA) is 35.8 Å². The van der Waals surface area contributed by atoms with E-state index in [2.05, 4.69) is 11.4 Å². The van der Waals surface area contributed by atoms with Gasteiger partial charge in [0.2, 0.25) is 0 Å². The van der Waals surface area contributed by atoms with Crippen molar-refractivity contribution in [3.8, 4) is 6.07 Å². The molecule has 0 saturated heterocycles. The minimum Gasteiger partial charge on any atom is -0.296 e. The third kappa shape index (κ3) is 3.72. The van der Waals surface area contributed by atoms with Crippen LogP contribution in [-0.2, 0) is 0 Å². The Morgan fingerprint density at radius 3 is 2.65 bits per heavy atom. The fourth-order valence-corrected chi connectivity index (χ4v) is 2.47. The smallest absolute Gasteiger partial charge is 0.123 e. The standard InChI is InChI=1S/C13H15FN2S/c1-13(8-15,16-11-4-5-11)9-17-12-6-2-10(14)3-7-12/h2-3,6-7,11,16H,4-5,9H2,1H3. The van der Waals surface area contributed by atoms with Crippen LogP contribution in [0, 0.1) is 17.1 Å². The number of halogens is 1. The Labute approximate surface area is 105 Å². The van der Waals surface area contributed by atoms with Crippen LogP contribution in [0.1, 0.15) is 19.8 Å². The SMILES string of the molecule is CC(C#N)(CSc1ccc(F)cc1)NC1CC1. The third-order valence-corrected chi connectivity index (χ3v) is 4.02. The van der Waals surface area contributed by atoms with Crippen molar-refractivity contribution in [3.05, 3.63) is 30.1 Å². The molecule has 1 aromatic rings. The maximum atomic E-state index is 12.7. The van der Waals surface area contributed by atoms with Crippen molar-refractivity contribution in [1.82, 2.24) is 5.32 Å². The first-order valence-electron chi connectivity index (χ1n) is 5.69. The molecule has 1 aliphatic carbocycles. The van der Waals surface area contributed by atoms with E-state index in [-0.39, 0.29) is 5.82 Å². The van der Waals surface area contributed by atoms with Gasteiger partial charge in [0.1, 0.15) is 11.4 Å². The lowest BCUT2D eigenvalue weighted by Gasteiger charge is -2.22. The van der Waals surface area contributed by atoms with Gasteiger partial charge in [-0.1, -0.05) is 0 Å². The quantitative estimate of drug-likeness (QED) is 0.816. The summed E-state index contributed by atoms with van der Waals surface area (Å²) in [4.78, 5) is 0.991. The van der Waals surface area contributed by atoms with Crippen molar-refractivity contribution in [1.29, 1.82) is 5.26 Å². The maximum Gasteiger partial charge on any atom is 0.123 e. The molecule has 1 atom stereocenters. The summed E-state index contributed by atoms with van der Waals surface area (Å²) in [6.45, 7) is 1.92. The maximum absolute atomic E-state index is 12.7. The van der Waals surface area contributed by atoms with Gasteiger partial charge in [0.05, 0.1) is 6.07 Å². The molecule has 0 heterocycles.